The minimum atomic E-state index is -0.654. The molecule has 5 rings (SSSR count). The standard InChI is InChI=1S/C26H29NO2/c1-16-13-22(17(2)12-21(16)18-8-4-3-5-9-18)23-24(28)26(27-25(23)29)14-19-10-6-7-11-20(19)15-26/h3-5,8-9,12-13,19-20,23H,6-7,10-11,14-15H2,1-2H3,(H,27,29). The van der Waals surface area contributed by atoms with E-state index in [4.69, 9.17) is 0 Å². The van der Waals surface area contributed by atoms with Crippen LogP contribution in [0.3, 0.4) is 0 Å². The zero-order valence-corrected chi connectivity index (χ0v) is 17.3. The summed E-state index contributed by atoms with van der Waals surface area (Å²) in [5.74, 6) is 0.583. The number of carbonyl (C=O) groups excluding carboxylic acids is 2. The van der Waals surface area contributed by atoms with Crippen LogP contribution in [0.4, 0.5) is 0 Å². The second kappa shape index (κ2) is 6.83. The molecule has 0 aromatic heterocycles. The van der Waals surface area contributed by atoms with Gasteiger partial charge >= 0.3 is 0 Å². The van der Waals surface area contributed by atoms with Gasteiger partial charge in [0, 0.05) is 0 Å². The van der Waals surface area contributed by atoms with Crippen LogP contribution in [0, 0.1) is 25.7 Å². The van der Waals surface area contributed by atoms with Crippen molar-refractivity contribution in [3.63, 3.8) is 0 Å². The fourth-order valence-corrected chi connectivity index (χ4v) is 6.23. The van der Waals surface area contributed by atoms with Gasteiger partial charge in [0.05, 0.1) is 0 Å². The van der Waals surface area contributed by atoms with E-state index in [0.717, 1.165) is 35.1 Å². The average molecular weight is 388 g/mol. The van der Waals surface area contributed by atoms with Crippen molar-refractivity contribution in [2.45, 2.75) is 63.8 Å². The molecule has 1 aliphatic heterocycles. The van der Waals surface area contributed by atoms with Gasteiger partial charge in [-0.05, 0) is 66.3 Å². The Morgan fingerprint density at radius 3 is 2.21 bits per heavy atom. The van der Waals surface area contributed by atoms with Gasteiger partial charge in [-0.15, -0.1) is 0 Å². The SMILES string of the molecule is Cc1cc(C2C(=O)NC3(CC4CCCCC4C3)C2=O)c(C)cc1-c1ccccc1. The Bertz CT molecular complexity index is 964. The summed E-state index contributed by atoms with van der Waals surface area (Å²) in [5.41, 5.74) is 4.74. The number of rotatable bonds is 2. The predicted octanol–water partition coefficient (Wildman–Crippen LogP) is 5.09. The summed E-state index contributed by atoms with van der Waals surface area (Å²) in [6, 6.07) is 14.5. The average Bonchev–Trinajstić information content (AvgIpc) is 3.20. The van der Waals surface area contributed by atoms with Crippen LogP contribution in [-0.2, 0) is 9.59 Å². The molecule has 0 radical (unpaired) electrons. The highest BCUT2D eigenvalue weighted by Gasteiger charge is 2.58. The van der Waals surface area contributed by atoms with Crippen molar-refractivity contribution < 1.29 is 9.59 Å². The third-order valence-electron chi connectivity index (χ3n) is 7.66. The highest BCUT2D eigenvalue weighted by molar-refractivity contribution is 6.17. The van der Waals surface area contributed by atoms with E-state index < -0.39 is 11.5 Å². The topological polar surface area (TPSA) is 46.2 Å². The monoisotopic (exact) mass is 387 g/mol. The maximum absolute atomic E-state index is 13.6. The summed E-state index contributed by atoms with van der Waals surface area (Å²) in [5, 5.41) is 3.19. The third-order valence-corrected chi connectivity index (χ3v) is 7.66. The normalized spacial score (nSPS) is 31.2. The molecular formula is C26H29NO2. The van der Waals surface area contributed by atoms with Crippen LogP contribution in [0.15, 0.2) is 42.5 Å². The molecule has 0 bridgehead atoms. The van der Waals surface area contributed by atoms with Crippen LogP contribution in [0.1, 0.15) is 61.1 Å². The lowest BCUT2D eigenvalue weighted by Gasteiger charge is -2.23. The molecule has 3 unspecified atom stereocenters. The lowest BCUT2D eigenvalue weighted by molar-refractivity contribution is -0.125. The highest BCUT2D eigenvalue weighted by Crippen LogP contribution is 2.51. The van der Waals surface area contributed by atoms with E-state index in [-0.39, 0.29) is 11.7 Å². The first kappa shape index (κ1) is 18.6. The molecule has 1 amide bonds. The lowest BCUT2D eigenvalue weighted by Crippen LogP contribution is -2.44. The molecule has 3 nitrogen and oxygen atoms in total. The summed E-state index contributed by atoms with van der Waals surface area (Å²) in [7, 11) is 0. The van der Waals surface area contributed by atoms with Gasteiger partial charge in [-0.25, -0.2) is 0 Å². The molecule has 3 aliphatic rings. The Morgan fingerprint density at radius 1 is 0.897 bits per heavy atom. The largest absolute Gasteiger partial charge is 0.343 e. The van der Waals surface area contributed by atoms with E-state index in [1.165, 1.54) is 31.2 Å². The van der Waals surface area contributed by atoms with E-state index >= 15 is 0 Å². The van der Waals surface area contributed by atoms with Gasteiger partial charge in [0.25, 0.3) is 0 Å². The summed E-state index contributed by atoms with van der Waals surface area (Å²) < 4.78 is 0. The molecule has 3 heteroatoms. The first-order chi connectivity index (χ1) is 14.0. The number of amides is 1. The maximum Gasteiger partial charge on any atom is 0.235 e. The summed E-state index contributed by atoms with van der Waals surface area (Å²) in [4.78, 5) is 26.7. The van der Waals surface area contributed by atoms with Crippen LogP contribution in [-0.4, -0.2) is 17.2 Å². The maximum atomic E-state index is 13.6. The molecule has 3 atom stereocenters. The quantitative estimate of drug-likeness (QED) is 0.730. The van der Waals surface area contributed by atoms with Crippen molar-refractivity contribution in [1.82, 2.24) is 5.32 Å². The van der Waals surface area contributed by atoms with Gasteiger partial charge in [-0.1, -0.05) is 68.1 Å². The molecule has 2 aromatic carbocycles. The van der Waals surface area contributed by atoms with E-state index in [1.807, 2.05) is 25.1 Å². The molecular weight excluding hydrogens is 358 g/mol. The minimum absolute atomic E-state index is 0.0939. The molecule has 1 saturated heterocycles. The number of hydrogen-bond donors (Lipinski definition) is 1. The number of carbonyl (C=O) groups is 2. The predicted molar refractivity (Wildman–Crippen MR) is 115 cm³/mol. The second-order valence-electron chi connectivity index (χ2n) is 9.47. The van der Waals surface area contributed by atoms with Crippen LogP contribution >= 0.6 is 0 Å². The number of benzene rings is 2. The van der Waals surface area contributed by atoms with Gasteiger partial charge < -0.3 is 5.32 Å². The number of fused-ring (bicyclic) bond motifs is 1. The highest BCUT2D eigenvalue weighted by atomic mass is 16.2. The zero-order chi connectivity index (χ0) is 20.2. The van der Waals surface area contributed by atoms with Crippen molar-refractivity contribution in [2.24, 2.45) is 11.8 Å². The summed E-state index contributed by atoms with van der Waals surface area (Å²) in [6.07, 6.45) is 6.65. The van der Waals surface area contributed by atoms with Crippen LogP contribution < -0.4 is 5.32 Å². The Kier molecular flexibility index (Phi) is 4.38. The smallest absolute Gasteiger partial charge is 0.235 e. The second-order valence-corrected chi connectivity index (χ2v) is 9.47. The summed E-state index contributed by atoms with van der Waals surface area (Å²) in [6.45, 7) is 4.10. The Labute approximate surface area is 172 Å². The fraction of sp³-hybridized carbons (Fsp3) is 0.462. The third kappa shape index (κ3) is 2.94. The van der Waals surface area contributed by atoms with Crippen LogP contribution in [0.5, 0.6) is 0 Å². The first-order valence-corrected chi connectivity index (χ1v) is 11.0. The first-order valence-electron chi connectivity index (χ1n) is 11.0. The number of ketones is 1. The van der Waals surface area contributed by atoms with Crippen molar-refractivity contribution >= 4 is 11.7 Å². The Morgan fingerprint density at radius 2 is 1.55 bits per heavy atom. The van der Waals surface area contributed by atoms with Crippen LogP contribution in [0.25, 0.3) is 11.1 Å². The lowest BCUT2D eigenvalue weighted by atomic mass is 9.82. The number of aryl methyl sites for hydroxylation is 2. The molecule has 2 saturated carbocycles. The van der Waals surface area contributed by atoms with E-state index in [0.29, 0.717) is 11.8 Å². The molecule has 2 aromatic rings. The van der Waals surface area contributed by atoms with Crippen molar-refractivity contribution in [1.29, 1.82) is 0 Å². The molecule has 3 fully saturated rings. The van der Waals surface area contributed by atoms with Crippen molar-refractivity contribution in [3.8, 4) is 11.1 Å². The molecule has 1 heterocycles. The number of hydrogen-bond acceptors (Lipinski definition) is 2. The molecule has 2 aliphatic carbocycles. The van der Waals surface area contributed by atoms with Gasteiger partial charge in [0.1, 0.15) is 11.5 Å². The molecule has 1 spiro atoms. The zero-order valence-electron chi connectivity index (χ0n) is 17.3. The van der Waals surface area contributed by atoms with E-state index in [9.17, 15) is 9.59 Å². The van der Waals surface area contributed by atoms with Gasteiger partial charge in [-0.3, -0.25) is 9.59 Å². The Hall–Kier alpha value is -2.42. The van der Waals surface area contributed by atoms with Crippen molar-refractivity contribution in [3.05, 3.63) is 59.2 Å². The van der Waals surface area contributed by atoms with Gasteiger partial charge in [0.15, 0.2) is 5.78 Å². The number of Topliss-reactive ketones (excluding diaryl/α,β-unsaturated/α-hetero) is 1. The summed E-state index contributed by atoms with van der Waals surface area (Å²) >= 11 is 0. The minimum Gasteiger partial charge on any atom is -0.343 e. The number of nitrogens with one attached hydrogen (secondary N) is 1. The van der Waals surface area contributed by atoms with E-state index in [1.54, 1.807) is 0 Å². The Balaban J connectivity index is 1.49. The van der Waals surface area contributed by atoms with Crippen LogP contribution in [0.2, 0.25) is 0 Å². The van der Waals surface area contributed by atoms with Crippen molar-refractivity contribution in [2.75, 3.05) is 0 Å². The molecule has 29 heavy (non-hydrogen) atoms. The molecule has 1 N–H and O–H groups in total. The molecule has 150 valence electrons. The van der Waals surface area contributed by atoms with E-state index in [2.05, 4.69) is 36.5 Å². The fourth-order valence-electron chi connectivity index (χ4n) is 6.23. The van der Waals surface area contributed by atoms with Gasteiger partial charge in [-0.2, -0.15) is 0 Å². The van der Waals surface area contributed by atoms with Gasteiger partial charge in [0.2, 0.25) is 5.91 Å².